The van der Waals surface area contributed by atoms with E-state index in [2.05, 4.69) is 62.6 Å². The summed E-state index contributed by atoms with van der Waals surface area (Å²) in [5.41, 5.74) is 8.84. The zero-order chi connectivity index (χ0) is 31.1. The van der Waals surface area contributed by atoms with Crippen LogP contribution in [0.2, 0.25) is 0 Å². The number of nitrogens with one attached hydrogen (secondary N) is 2. The summed E-state index contributed by atoms with van der Waals surface area (Å²) in [5.74, 6) is -1.33. The molecule has 4 atom stereocenters. The Bertz CT molecular complexity index is 1330. The Morgan fingerprint density at radius 3 is 2.44 bits per heavy atom. The van der Waals surface area contributed by atoms with Crippen LogP contribution in [0.5, 0.6) is 0 Å². The zero-order valence-corrected chi connectivity index (χ0v) is 25.1. The number of carboxylic acids is 1. The van der Waals surface area contributed by atoms with Crippen LogP contribution in [0.4, 0.5) is 27.5 Å². The molecule has 1 aliphatic heterocycles. The lowest BCUT2D eigenvalue weighted by atomic mass is 9.88. The number of piperazine rings is 1. The van der Waals surface area contributed by atoms with Crippen LogP contribution in [0.3, 0.4) is 0 Å². The van der Waals surface area contributed by atoms with Gasteiger partial charge in [0.05, 0.1) is 12.1 Å². The van der Waals surface area contributed by atoms with Crippen LogP contribution in [-0.4, -0.2) is 76.9 Å². The first-order valence-corrected chi connectivity index (χ1v) is 14.8. The van der Waals surface area contributed by atoms with E-state index in [-0.39, 0.29) is 47.7 Å². The molecule has 1 aromatic carbocycles. The van der Waals surface area contributed by atoms with E-state index in [0.717, 1.165) is 50.0 Å². The maximum Gasteiger partial charge on any atom is 0.303 e. The van der Waals surface area contributed by atoms with Gasteiger partial charge in [-0.1, -0.05) is 12.2 Å². The van der Waals surface area contributed by atoms with Gasteiger partial charge in [-0.25, -0.2) is 9.37 Å². The second kappa shape index (κ2) is 14.4. The molecule has 2 heterocycles. The molecule has 3 aliphatic rings. The van der Waals surface area contributed by atoms with Crippen molar-refractivity contribution >= 4 is 40.8 Å². The number of hydrogen-bond donors (Lipinski definition) is 4. The minimum atomic E-state index is -0.788. The highest BCUT2D eigenvalue weighted by molar-refractivity contribution is 5.80. The summed E-state index contributed by atoms with van der Waals surface area (Å²) >= 11 is 0. The van der Waals surface area contributed by atoms with Crippen LogP contribution >= 0.6 is 0 Å². The molecule has 11 nitrogen and oxygen atoms in total. The monoisotopic (exact) mass is 595 g/mol. The van der Waals surface area contributed by atoms with E-state index in [1.807, 2.05) is 12.1 Å². The molecule has 5 rings (SSSR count). The molecule has 232 valence electrons. The van der Waals surface area contributed by atoms with E-state index < -0.39 is 11.8 Å². The van der Waals surface area contributed by atoms with Crippen LogP contribution in [-0.2, 0) is 14.4 Å². The maximum atomic E-state index is 14.5. The number of unbranched alkanes of at least 4 members (excludes halogenated alkanes) is 1. The van der Waals surface area contributed by atoms with E-state index in [1.54, 1.807) is 0 Å². The minimum Gasteiger partial charge on any atom is -0.481 e. The third-order valence-corrected chi connectivity index (χ3v) is 8.30. The summed E-state index contributed by atoms with van der Waals surface area (Å²) in [6.07, 6.45) is 8.09. The van der Waals surface area contributed by atoms with E-state index in [9.17, 15) is 18.8 Å². The first kappa shape index (κ1) is 31.9. The summed E-state index contributed by atoms with van der Waals surface area (Å²) in [7, 11) is 2.14. The fourth-order valence-electron chi connectivity index (χ4n) is 6.01. The van der Waals surface area contributed by atoms with Gasteiger partial charge in [0.1, 0.15) is 5.78 Å². The molecular weight excluding hydrogens is 553 g/mol. The number of hydrogen-bond acceptors (Lipinski definition) is 9. The first-order valence-electron chi connectivity index (χ1n) is 14.8. The number of anilines is 4. The number of carboxylic acid groups (broad SMARTS) is 1. The highest BCUT2D eigenvalue weighted by atomic mass is 19.1. The van der Waals surface area contributed by atoms with Crippen molar-refractivity contribution in [2.45, 2.75) is 52.0 Å². The number of halogens is 1. The lowest BCUT2D eigenvalue weighted by molar-refractivity contribution is -0.137. The number of carbonyl (C=O) groups excluding carboxylic acids is 2. The van der Waals surface area contributed by atoms with E-state index >= 15 is 0 Å². The fourth-order valence-corrected chi connectivity index (χ4v) is 6.01. The summed E-state index contributed by atoms with van der Waals surface area (Å²) in [6, 6.07) is 5.88. The van der Waals surface area contributed by atoms with Gasteiger partial charge in [-0.05, 0) is 75.8 Å². The predicted molar refractivity (Wildman–Crippen MR) is 164 cm³/mol. The van der Waals surface area contributed by atoms with Crippen LogP contribution < -0.4 is 21.3 Å². The van der Waals surface area contributed by atoms with E-state index in [4.69, 9.17) is 10.8 Å². The highest BCUT2D eigenvalue weighted by Crippen LogP contribution is 2.45. The average molecular weight is 596 g/mol. The Balaban J connectivity index is 0.000000365. The molecular formula is C31H42FN7O4. The maximum absolute atomic E-state index is 14.5. The lowest BCUT2D eigenvalue weighted by Crippen LogP contribution is -2.44. The molecule has 2 aliphatic carbocycles. The molecule has 2 aromatic rings. The molecule has 5 N–H and O–H groups in total. The highest BCUT2D eigenvalue weighted by Gasteiger charge is 2.47. The van der Waals surface area contributed by atoms with Gasteiger partial charge in [0.15, 0.2) is 11.6 Å². The number of ketones is 1. The van der Waals surface area contributed by atoms with Gasteiger partial charge in [-0.15, -0.1) is 0 Å². The molecule has 12 heteroatoms. The number of aryl methyl sites for hydroxylation is 1. The van der Waals surface area contributed by atoms with Crippen LogP contribution in [0.15, 0.2) is 36.5 Å². The Kier molecular flexibility index (Phi) is 10.7. The SMILES string of the molecule is CC(=O)CCCCC(=O)O.Cc1cc(Nc2ncc(F)c(N[C@H]3[C@@H](C(N)=O)[C@@H]4C=C[C@H]3C4)n2)ccc1N1CCN(C)CC1. The van der Waals surface area contributed by atoms with Crippen molar-refractivity contribution in [3.63, 3.8) is 0 Å². The van der Waals surface area contributed by atoms with Crippen molar-refractivity contribution in [1.29, 1.82) is 0 Å². The van der Waals surface area contributed by atoms with Gasteiger partial charge < -0.3 is 36.1 Å². The molecule has 2 fully saturated rings. The summed E-state index contributed by atoms with van der Waals surface area (Å²) < 4.78 is 14.5. The summed E-state index contributed by atoms with van der Waals surface area (Å²) in [6.45, 7) is 7.71. The van der Waals surface area contributed by atoms with Gasteiger partial charge in [0.25, 0.3) is 0 Å². The Morgan fingerprint density at radius 2 is 1.79 bits per heavy atom. The van der Waals surface area contributed by atoms with Crippen molar-refractivity contribution in [2.75, 3.05) is 48.8 Å². The van der Waals surface area contributed by atoms with Gasteiger partial charge in [0, 0.05) is 56.4 Å². The van der Waals surface area contributed by atoms with Crippen LogP contribution in [0.1, 0.15) is 44.6 Å². The molecule has 0 radical (unpaired) electrons. The number of aromatic nitrogens is 2. The lowest BCUT2D eigenvalue weighted by Gasteiger charge is -2.35. The van der Waals surface area contributed by atoms with Gasteiger partial charge in [-0.2, -0.15) is 4.98 Å². The summed E-state index contributed by atoms with van der Waals surface area (Å²) in [5, 5.41) is 14.5. The molecule has 2 bridgehead atoms. The van der Waals surface area contributed by atoms with E-state index in [1.165, 1.54) is 12.6 Å². The number of allylic oxidation sites excluding steroid dienone is 1. The van der Waals surface area contributed by atoms with Crippen molar-refractivity contribution in [3.05, 3.63) is 47.9 Å². The summed E-state index contributed by atoms with van der Waals surface area (Å²) in [4.78, 5) is 45.5. The van der Waals surface area contributed by atoms with E-state index in [0.29, 0.717) is 25.2 Å². The number of fused-ring (bicyclic) bond motifs is 2. The minimum absolute atomic E-state index is 0.0791. The second-order valence-corrected chi connectivity index (χ2v) is 11.7. The Morgan fingerprint density at radius 1 is 1.09 bits per heavy atom. The molecule has 1 amide bonds. The van der Waals surface area contributed by atoms with Crippen molar-refractivity contribution in [3.8, 4) is 0 Å². The second-order valence-electron chi connectivity index (χ2n) is 11.7. The fraction of sp³-hybridized carbons (Fsp3) is 0.516. The average Bonchev–Trinajstić information content (AvgIpc) is 3.56. The van der Waals surface area contributed by atoms with Crippen molar-refractivity contribution in [2.24, 2.45) is 23.5 Å². The molecule has 0 unspecified atom stereocenters. The number of likely N-dealkylation sites (N-methyl/N-ethyl adjacent to an activating group) is 1. The van der Waals surface area contributed by atoms with Gasteiger partial charge in [0.2, 0.25) is 11.9 Å². The Labute approximate surface area is 251 Å². The molecule has 0 spiro atoms. The number of amides is 1. The number of Topliss-reactive ketones (excluding diaryl/α,β-unsaturated/α-hetero) is 1. The molecule has 43 heavy (non-hydrogen) atoms. The largest absolute Gasteiger partial charge is 0.481 e. The molecule has 1 saturated heterocycles. The number of carbonyl (C=O) groups is 3. The third-order valence-electron chi connectivity index (χ3n) is 8.30. The standard InChI is InChI=1S/C24H30FN7O.C7H12O3/c1-14-11-17(5-6-19(14)32-9-7-31(2)8-10-32)28-24-27-13-18(25)23(30-24)29-21-16-4-3-15(12-16)20(21)22(26)33;1-6(8)4-2-3-5-7(9)10/h3-6,11,13,15-16,20-21H,7-10,12H2,1-2H3,(H2,26,33)(H2,27,28,29,30);2-5H2,1H3,(H,9,10)/t15-,16+,20+,21-;/m1./s1. The number of aliphatic carboxylic acids is 1. The van der Waals surface area contributed by atoms with Crippen molar-refractivity contribution in [1.82, 2.24) is 14.9 Å². The van der Waals surface area contributed by atoms with Crippen LogP contribution in [0.25, 0.3) is 0 Å². The quantitative estimate of drug-likeness (QED) is 0.223. The smallest absolute Gasteiger partial charge is 0.303 e. The number of nitrogens with zero attached hydrogens (tertiary/aromatic N) is 4. The normalized spacial score (nSPS) is 22.6. The predicted octanol–water partition coefficient (Wildman–Crippen LogP) is 3.73. The first-order chi connectivity index (χ1) is 20.5. The molecule has 1 saturated carbocycles. The molecule has 1 aromatic heterocycles. The van der Waals surface area contributed by atoms with Gasteiger partial charge >= 0.3 is 5.97 Å². The topological polar surface area (TPSA) is 154 Å². The number of benzene rings is 1. The third kappa shape index (κ3) is 8.50. The van der Waals surface area contributed by atoms with Crippen molar-refractivity contribution < 1.29 is 23.9 Å². The zero-order valence-electron chi connectivity index (χ0n) is 25.1. The number of rotatable bonds is 11. The number of primary amides is 1. The van der Waals surface area contributed by atoms with Crippen LogP contribution in [0, 0.1) is 30.5 Å². The Hall–Kier alpha value is -4.06. The van der Waals surface area contributed by atoms with Gasteiger partial charge in [-0.3, -0.25) is 9.59 Å². The number of nitrogens with two attached hydrogens (primary N) is 1.